The Kier molecular flexibility index (Phi) is 7.22. The number of H-pyrrole nitrogens is 2. The lowest BCUT2D eigenvalue weighted by atomic mass is 9.99. The normalized spacial score (nSPS) is 19.0. The number of nitrogens with one attached hydrogen (secondary N) is 4. The molecule has 41 heavy (non-hydrogen) atoms. The highest BCUT2D eigenvalue weighted by molar-refractivity contribution is 5.92. The molecule has 0 bridgehead atoms. The first kappa shape index (κ1) is 27.0. The van der Waals surface area contributed by atoms with Crippen molar-refractivity contribution in [3.8, 4) is 22.4 Å². The monoisotopic (exact) mass is 562 g/mol. The van der Waals surface area contributed by atoms with Gasteiger partial charge in [-0.1, -0.05) is 30.3 Å². The van der Waals surface area contributed by atoms with Crippen molar-refractivity contribution in [3.63, 3.8) is 0 Å². The number of halogens is 3. The van der Waals surface area contributed by atoms with Crippen molar-refractivity contribution in [1.82, 2.24) is 30.6 Å². The predicted octanol–water partition coefficient (Wildman–Crippen LogP) is 6.26. The highest BCUT2D eigenvalue weighted by Crippen LogP contribution is 2.31. The third-order valence-electron chi connectivity index (χ3n) is 7.60. The zero-order valence-electron chi connectivity index (χ0n) is 22.1. The van der Waals surface area contributed by atoms with Crippen molar-refractivity contribution in [2.24, 2.45) is 0 Å². The Morgan fingerprint density at radius 1 is 0.805 bits per heavy atom. The molecule has 0 unspecified atom stereocenters. The van der Waals surface area contributed by atoms with Gasteiger partial charge in [0.1, 0.15) is 11.6 Å². The SMILES string of the molecule is O=C(O)C(F)(F)F.c1cc2ccc(-c3cnc([C@@H]4CCCN4)[nH]3)cc2cc1-c1ccc2nc([C@@H]3CCCN3)[nH]c2c1. The van der Waals surface area contributed by atoms with Gasteiger partial charge >= 0.3 is 12.1 Å². The maximum Gasteiger partial charge on any atom is 0.490 e. The van der Waals surface area contributed by atoms with Gasteiger partial charge in [0, 0.05) is 5.56 Å². The lowest BCUT2D eigenvalue weighted by molar-refractivity contribution is -0.192. The number of aliphatic carboxylic acids is 1. The van der Waals surface area contributed by atoms with Crippen molar-refractivity contribution in [1.29, 1.82) is 0 Å². The molecule has 0 spiro atoms. The van der Waals surface area contributed by atoms with Crippen LogP contribution in [0.4, 0.5) is 13.2 Å². The second-order valence-corrected chi connectivity index (χ2v) is 10.4. The minimum absolute atomic E-state index is 0.349. The van der Waals surface area contributed by atoms with Crippen LogP contribution in [-0.4, -0.2) is 50.3 Å². The lowest BCUT2D eigenvalue weighted by Gasteiger charge is -2.07. The van der Waals surface area contributed by atoms with Crippen LogP contribution in [0.25, 0.3) is 44.2 Å². The van der Waals surface area contributed by atoms with Gasteiger partial charge in [0.25, 0.3) is 0 Å². The average Bonchev–Trinajstić information content (AvgIpc) is 3.78. The molecule has 0 amide bonds. The maximum absolute atomic E-state index is 10.6. The summed E-state index contributed by atoms with van der Waals surface area (Å²) in [4.78, 5) is 25.5. The molecule has 2 aliphatic rings. The molecule has 2 atom stereocenters. The average molecular weight is 563 g/mol. The third-order valence-corrected chi connectivity index (χ3v) is 7.60. The van der Waals surface area contributed by atoms with Crippen molar-refractivity contribution in [3.05, 3.63) is 72.4 Å². The highest BCUT2D eigenvalue weighted by atomic mass is 19.4. The third kappa shape index (κ3) is 5.82. The summed E-state index contributed by atoms with van der Waals surface area (Å²) in [6.45, 7) is 2.14. The number of carboxylic acids is 1. The summed E-state index contributed by atoms with van der Waals surface area (Å²) in [5, 5.41) is 16.6. The standard InChI is InChI=1S/C28H28N6.C2HF3O2/c1-3-23(29-11-1)27-31-16-26(34-27)20-8-6-17-5-7-18(13-21(17)14-20)19-9-10-22-25(15-19)33-28(32-22)24-4-2-12-30-24;3-2(4,5)1(6)7/h5-10,13-16,23-24,29-30H,1-4,11-12H2,(H,31,34)(H,32,33);(H,6,7)/t23-,24-;/m0./s1. The minimum atomic E-state index is -5.08. The van der Waals surface area contributed by atoms with E-state index in [1.165, 1.54) is 40.3 Å². The Balaban J connectivity index is 0.000000387. The maximum atomic E-state index is 10.6. The number of imidazole rings is 2. The number of carbonyl (C=O) groups is 1. The van der Waals surface area contributed by atoms with E-state index >= 15 is 0 Å². The van der Waals surface area contributed by atoms with E-state index in [0.29, 0.717) is 12.1 Å². The molecule has 3 aromatic carbocycles. The number of hydrogen-bond donors (Lipinski definition) is 5. The molecular formula is C30H29F3N6O2. The van der Waals surface area contributed by atoms with Gasteiger partial charge < -0.3 is 25.7 Å². The molecule has 0 saturated carbocycles. The van der Waals surface area contributed by atoms with Gasteiger partial charge in [-0.3, -0.25) is 0 Å². The second kappa shape index (κ2) is 11.0. The first-order valence-corrected chi connectivity index (χ1v) is 13.6. The number of rotatable bonds is 4. The molecule has 11 heteroatoms. The van der Waals surface area contributed by atoms with Gasteiger partial charge in [0.05, 0.1) is 35.0 Å². The van der Waals surface area contributed by atoms with Crippen molar-refractivity contribution >= 4 is 27.8 Å². The van der Waals surface area contributed by atoms with Crippen molar-refractivity contribution in [2.45, 2.75) is 43.9 Å². The number of benzene rings is 3. The van der Waals surface area contributed by atoms with Gasteiger partial charge in [0.15, 0.2) is 0 Å². The van der Waals surface area contributed by atoms with Crippen LogP contribution in [0.5, 0.6) is 0 Å². The van der Waals surface area contributed by atoms with Crippen LogP contribution in [0.15, 0.2) is 60.8 Å². The second-order valence-electron chi connectivity index (χ2n) is 10.4. The molecule has 5 N–H and O–H groups in total. The topological polar surface area (TPSA) is 119 Å². The number of nitrogens with zero attached hydrogens (tertiary/aromatic N) is 2. The smallest absolute Gasteiger partial charge is 0.475 e. The molecule has 7 rings (SSSR count). The number of aromatic nitrogens is 4. The fourth-order valence-electron chi connectivity index (χ4n) is 5.46. The summed E-state index contributed by atoms with van der Waals surface area (Å²) in [5.74, 6) is -0.659. The number of alkyl halides is 3. The van der Waals surface area contributed by atoms with Gasteiger partial charge in [-0.15, -0.1) is 0 Å². The number of carboxylic acid groups (broad SMARTS) is 1. The first-order chi connectivity index (χ1) is 19.7. The predicted molar refractivity (Wildman–Crippen MR) is 150 cm³/mol. The molecule has 2 fully saturated rings. The van der Waals surface area contributed by atoms with E-state index in [-0.39, 0.29) is 0 Å². The van der Waals surface area contributed by atoms with E-state index in [1.807, 2.05) is 6.20 Å². The Bertz CT molecular complexity index is 1700. The molecule has 2 aromatic heterocycles. The zero-order valence-corrected chi connectivity index (χ0v) is 22.1. The lowest BCUT2D eigenvalue weighted by Crippen LogP contribution is -2.21. The highest BCUT2D eigenvalue weighted by Gasteiger charge is 2.38. The molecule has 2 saturated heterocycles. The van der Waals surface area contributed by atoms with Crippen LogP contribution in [0, 0.1) is 0 Å². The van der Waals surface area contributed by atoms with E-state index in [2.05, 4.69) is 80.2 Å². The van der Waals surface area contributed by atoms with Gasteiger partial charge in [-0.25, -0.2) is 14.8 Å². The summed E-state index contributed by atoms with van der Waals surface area (Å²) in [6.07, 6.45) is 1.59. The van der Waals surface area contributed by atoms with E-state index in [4.69, 9.17) is 14.9 Å². The van der Waals surface area contributed by atoms with Gasteiger partial charge in [-0.2, -0.15) is 13.2 Å². The van der Waals surface area contributed by atoms with E-state index < -0.39 is 12.1 Å². The summed E-state index contributed by atoms with van der Waals surface area (Å²) < 4.78 is 31.7. The Labute approximate surface area is 233 Å². The Morgan fingerprint density at radius 3 is 2.07 bits per heavy atom. The fraction of sp³-hybridized carbons (Fsp3) is 0.300. The molecule has 2 aliphatic heterocycles. The quantitative estimate of drug-likeness (QED) is 0.177. The summed E-state index contributed by atoms with van der Waals surface area (Å²) in [7, 11) is 0. The Morgan fingerprint density at radius 2 is 1.41 bits per heavy atom. The molecule has 4 heterocycles. The molecule has 5 aromatic rings. The summed E-state index contributed by atoms with van der Waals surface area (Å²) in [6, 6.07) is 20.6. The molecule has 0 radical (unpaired) electrons. The number of aromatic amines is 2. The molecule has 8 nitrogen and oxygen atoms in total. The minimum Gasteiger partial charge on any atom is -0.475 e. The fourth-order valence-corrected chi connectivity index (χ4v) is 5.46. The molecule has 0 aliphatic carbocycles. The van der Waals surface area contributed by atoms with Crippen LogP contribution in [0.1, 0.15) is 49.4 Å². The van der Waals surface area contributed by atoms with Crippen molar-refractivity contribution in [2.75, 3.05) is 13.1 Å². The van der Waals surface area contributed by atoms with Gasteiger partial charge in [0.2, 0.25) is 0 Å². The van der Waals surface area contributed by atoms with Crippen LogP contribution in [0.2, 0.25) is 0 Å². The molecule has 212 valence electrons. The van der Waals surface area contributed by atoms with Crippen molar-refractivity contribution < 1.29 is 23.1 Å². The van der Waals surface area contributed by atoms with E-state index in [0.717, 1.165) is 54.3 Å². The van der Waals surface area contributed by atoms with E-state index in [1.54, 1.807) is 0 Å². The van der Waals surface area contributed by atoms with Crippen LogP contribution >= 0.6 is 0 Å². The summed E-state index contributed by atoms with van der Waals surface area (Å²) >= 11 is 0. The van der Waals surface area contributed by atoms with Gasteiger partial charge in [-0.05, 0) is 84.9 Å². The first-order valence-electron chi connectivity index (χ1n) is 13.6. The Hall–Kier alpha value is -4.22. The van der Waals surface area contributed by atoms with Crippen LogP contribution < -0.4 is 10.6 Å². The number of fused-ring (bicyclic) bond motifs is 2. The zero-order chi connectivity index (χ0) is 28.6. The summed E-state index contributed by atoms with van der Waals surface area (Å²) in [5.41, 5.74) is 6.78. The van der Waals surface area contributed by atoms with Crippen LogP contribution in [-0.2, 0) is 4.79 Å². The number of hydrogen-bond acceptors (Lipinski definition) is 5. The largest absolute Gasteiger partial charge is 0.490 e. The van der Waals surface area contributed by atoms with Crippen LogP contribution in [0.3, 0.4) is 0 Å². The van der Waals surface area contributed by atoms with E-state index in [9.17, 15) is 13.2 Å². The molecular weight excluding hydrogens is 533 g/mol.